The number of ether oxygens (including phenoxy) is 1. The molecule has 0 aromatic carbocycles. The first-order valence-corrected chi connectivity index (χ1v) is 4.69. The lowest BCUT2D eigenvalue weighted by Gasteiger charge is -2.16. The Labute approximate surface area is 79.3 Å². The Morgan fingerprint density at radius 1 is 1.54 bits per heavy atom. The van der Waals surface area contributed by atoms with Gasteiger partial charge in [-0.05, 0) is 32.9 Å². The van der Waals surface area contributed by atoms with E-state index in [1.165, 1.54) is 6.92 Å². The largest absolute Gasteiger partial charge is 0.466 e. The molecule has 0 saturated carbocycles. The highest BCUT2D eigenvalue weighted by molar-refractivity contribution is 5.65. The first kappa shape index (κ1) is 12.4. The third kappa shape index (κ3) is 9.30. The average molecular weight is 189 g/mol. The Balaban J connectivity index is 0.000000226. The molecule has 1 saturated heterocycles. The maximum Gasteiger partial charge on any atom is 0.302 e. The normalized spacial score (nSPS) is 17.2. The highest BCUT2D eigenvalue weighted by atomic mass is 16.5. The number of hydrogen-bond acceptors (Lipinski definition) is 4. The third-order valence-corrected chi connectivity index (χ3v) is 1.66. The maximum absolute atomic E-state index is 9.82. The number of esters is 1. The zero-order valence-corrected chi connectivity index (χ0v) is 8.38. The summed E-state index contributed by atoms with van der Waals surface area (Å²) >= 11 is 0. The second kappa shape index (κ2) is 8.01. The van der Waals surface area contributed by atoms with Gasteiger partial charge in [0.1, 0.15) is 0 Å². The lowest BCUT2D eigenvalue weighted by molar-refractivity contribution is -0.140. The summed E-state index contributed by atoms with van der Waals surface area (Å²) in [6.45, 7) is 5.63. The van der Waals surface area contributed by atoms with Gasteiger partial charge in [0, 0.05) is 6.92 Å². The van der Waals surface area contributed by atoms with Gasteiger partial charge in [0.05, 0.1) is 12.7 Å². The topological polar surface area (TPSA) is 58.6 Å². The number of hydrogen-bond donors (Lipinski definition) is 2. The summed E-state index contributed by atoms with van der Waals surface area (Å²) in [5.41, 5.74) is 0. The molecule has 0 atom stereocenters. The molecule has 1 aliphatic rings. The monoisotopic (exact) mass is 189 g/mol. The third-order valence-electron chi connectivity index (χ3n) is 1.66. The van der Waals surface area contributed by atoms with Crippen LogP contribution in [0.15, 0.2) is 0 Å². The zero-order chi connectivity index (χ0) is 10.1. The summed E-state index contributed by atoms with van der Waals surface area (Å²) in [5.74, 6) is -0.211. The summed E-state index contributed by atoms with van der Waals surface area (Å²) in [7, 11) is 0. The molecule has 1 heterocycles. The lowest BCUT2D eigenvalue weighted by atomic mass is 10.1. The van der Waals surface area contributed by atoms with E-state index < -0.39 is 0 Å². The maximum atomic E-state index is 9.82. The molecule has 78 valence electrons. The van der Waals surface area contributed by atoms with Crippen molar-refractivity contribution in [3.8, 4) is 0 Å². The number of piperidine rings is 1. The molecule has 0 spiro atoms. The van der Waals surface area contributed by atoms with E-state index in [4.69, 9.17) is 5.11 Å². The quantitative estimate of drug-likeness (QED) is 0.582. The van der Waals surface area contributed by atoms with E-state index in [2.05, 4.69) is 10.1 Å². The number of aliphatic hydroxyl groups is 1. The molecule has 0 amide bonds. The lowest BCUT2D eigenvalue weighted by Crippen LogP contribution is -2.30. The van der Waals surface area contributed by atoms with Crippen molar-refractivity contribution in [2.75, 3.05) is 19.7 Å². The smallest absolute Gasteiger partial charge is 0.302 e. The molecule has 13 heavy (non-hydrogen) atoms. The van der Waals surface area contributed by atoms with Gasteiger partial charge in [-0.1, -0.05) is 0 Å². The van der Waals surface area contributed by atoms with Crippen molar-refractivity contribution in [1.82, 2.24) is 5.32 Å². The molecule has 0 aliphatic carbocycles. The Bertz CT molecular complexity index is 133. The fraction of sp³-hybridized carbons (Fsp3) is 0.889. The van der Waals surface area contributed by atoms with Crippen molar-refractivity contribution < 1.29 is 14.6 Å². The molecule has 0 bridgehead atoms. The van der Waals surface area contributed by atoms with Crippen LogP contribution in [0.5, 0.6) is 0 Å². The molecule has 2 N–H and O–H groups in total. The molecule has 1 rings (SSSR count). The van der Waals surface area contributed by atoms with E-state index in [0.717, 1.165) is 25.9 Å². The van der Waals surface area contributed by atoms with Gasteiger partial charge >= 0.3 is 5.97 Å². The Morgan fingerprint density at radius 2 is 2.08 bits per heavy atom. The van der Waals surface area contributed by atoms with Gasteiger partial charge in [-0.25, -0.2) is 0 Å². The van der Waals surface area contributed by atoms with Gasteiger partial charge < -0.3 is 15.2 Å². The molecule has 0 aromatic heterocycles. The fourth-order valence-electron chi connectivity index (χ4n) is 1.01. The van der Waals surface area contributed by atoms with Crippen molar-refractivity contribution in [2.24, 2.45) is 0 Å². The minimum atomic E-state index is -0.211. The first-order valence-electron chi connectivity index (χ1n) is 4.69. The van der Waals surface area contributed by atoms with E-state index >= 15 is 0 Å². The number of carbonyl (C=O) groups excluding carboxylic acids is 1. The average Bonchev–Trinajstić information content (AvgIpc) is 2.06. The van der Waals surface area contributed by atoms with Crippen molar-refractivity contribution in [1.29, 1.82) is 0 Å². The molecule has 0 aromatic rings. The Morgan fingerprint density at radius 3 is 2.23 bits per heavy atom. The summed E-state index contributed by atoms with van der Waals surface area (Å²) < 4.78 is 4.40. The fourth-order valence-corrected chi connectivity index (χ4v) is 1.01. The highest BCUT2D eigenvalue weighted by Crippen LogP contribution is 1.99. The van der Waals surface area contributed by atoms with Crippen molar-refractivity contribution in [3.05, 3.63) is 0 Å². The Kier molecular flexibility index (Phi) is 7.63. The van der Waals surface area contributed by atoms with Gasteiger partial charge in [-0.15, -0.1) is 0 Å². The number of nitrogens with one attached hydrogen (secondary N) is 1. The van der Waals surface area contributed by atoms with Crippen LogP contribution in [0.4, 0.5) is 0 Å². The predicted molar refractivity (Wildman–Crippen MR) is 50.4 cm³/mol. The standard InChI is InChI=1S/C5H11NO.C4H8O2/c7-5-1-3-6-4-2-5;1-3-6-4(2)5/h5-7H,1-4H2;3H2,1-2H3. The predicted octanol–water partition coefficient (Wildman–Crippen LogP) is 0.300. The first-order chi connectivity index (χ1) is 6.16. The zero-order valence-electron chi connectivity index (χ0n) is 8.38. The van der Waals surface area contributed by atoms with Crippen LogP contribution < -0.4 is 5.32 Å². The van der Waals surface area contributed by atoms with Crippen LogP contribution in [0.2, 0.25) is 0 Å². The van der Waals surface area contributed by atoms with Crippen molar-refractivity contribution >= 4 is 5.97 Å². The summed E-state index contributed by atoms with van der Waals surface area (Å²) in [6.07, 6.45) is 1.83. The summed E-state index contributed by atoms with van der Waals surface area (Å²) in [4.78, 5) is 9.82. The summed E-state index contributed by atoms with van der Waals surface area (Å²) in [6, 6.07) is 0. The molecular formula is C9H19NO3. The molecule has 4 nitrogen and oxygen atoms in total. The minimum Gasteiger partial charge on any atom is -0.466 e. The van der Waals surface area contributed by atoms with Crippen LogP contribution in [-0.4, -0.2) is 36.9 Å². The SMILES string of the molecule is CCOC(C)=O.OC1CCNCC1. The number of carbonyl (C=O) groups is 1. The van der Waals surface area contributed by atoms with E-state index in [-0.39, 0.29) is 12.1 Å². The molecular weight excluding hydrogens is 170 g/mol. The van der Waals surface area contributed by atoms with Crippen LogP contribution in [-0.2, 0) is 9.53 Å². The van der Waals surface area contributed by atoms with E-state index in [1.54, 1.807) is 6.92 Å². The van der Waals surface area contributed by atoms with Gasteiger partial charge in [0.15, 0.2) is 0 Å². The van der Waals surface area contributed by atoms with Crippen LogP contribution in [0.1, 0.15) is 26.7 Å². The minimum absolute atomic E-state index is 0.0266. The second-order valence-corrected chi connectivity index (χ2v) is 2.91. The van der Waals surface area contributed by atoms with Crippen molar-refractivity contribution in [3.63, 3.8) is 0 Å². The van der Waals surface area contributed by atoms with Gasteiger partial charge in [0.2, 0.25) is 0 Å². The highest BCUT2D eigenvalue weighted by Gasteiger charge is 2.06. The van der Waals surface area contributed by atoms with Crippen LogP contribution in [0.3, 0.4) is 0 Å². The molecule has 4 heteroatoms. The van der Waals surface area contributed by atoms with Gasteiger partial charge in [0.25, 0.3) is 0 Å². The van der Waals surface area contributed by atoms with E-state index in [0.29, 0.717) is 6.61 Å². The number of rotatable bonds is 1. The number of aliphatic hydroxyl groups excluding tert-OH is 1. The Hall–Kier alpha value is -0.610. The van der Waals surface area contributed by atoms with Crippen LogP contribution >= 0.6 is 0 Å². The van der Waals surface area contributed by atoms with Crippen LogP contribution in [0, 0.1) is 0 Å². The molecule has 1 fully saturated rings. The van der Waals surface area contributed by atoms with Crippen molar-refractivity contribution in [2.45, 2.75) is 32.8 Å². The van der Waals surface area contributed by atoms with Gasteiger partial charge in [-0.3, -0.25) is 4.79 Å². The molecule has 0 unspecified atom stereocenters. The van der Waals surface area contributed by atoms with Crippen LogP contribution in [0.25, 0.3) is 0 Å². The molecule has 1 aliphatic heterocycles. The van der Waals surface area contributed by atoms with E-state index in [1.807, 2.05) is 0 Å². The van der Waals surface area contributed by atoms with Gasteiger partial charge in [-0.2, -0.15) is 0 Å². The van der Waals surface area contributed by atoms with E-state index in [9.17, 15) is 4.79 Å². The molecule has 0 radical (unpaired) electrons. The second-order valence-electron chi connectivity index (χ2n) is 2.91. The summed E-state index contributed by atoms with van der Waals surface area (Å²) in [5, 5.41) is 12.0.